The van der Waals surface area contributed by atoms with E-state index in [9.17, 15) is 19.1 Å². The molecule has 4 aliphatic rings. The number of nitrogens with zero attached hydrogens (tertiary/aromatic N) is 1. The van der Waals surface area contributed by atoms with Gasteiger partial charge in [-0.05, 0) is 86.6 Å². The number of amides is 1. The Morgan fingerprint density at radius 1 is 1.19 bits per heavy atom. The van der Waals surface area contributed by atoms with Gasteiger partial charge in [0.1, 0.15) is 17.3 Å². The first kappa shape index (κ1) is 21.2. The highest BCUT2D eigenvalue weighted by Gasteiger charge is 2.55. The fraction of sp³-hybridized carbons (Fsp3) is 0.520. The quantitative estimate of drug-likeness (QED) is 0.699. The Bertz CT molecular complexity index is 1090. The van der Waals surface area contributed by atoms with Crippen molar-refractivity contribution in [3.05, 3.63) is 52.6 Å². The molecule has 1 aromatic heterocycles. The van der Waals surface area contributed by atoms with Gasteiger partial charge < -0.3 is 19.7 Å². The molecule has 4 saturated carbocycles. The first-order valence-electron chi connectivity index (χ1n) is 11.3. The van der Waals surface area contributed by atoms with E-state index in [-0.39, 0.29) is 23.2 Å². The second-order valence-corrected chi connectivity index (χ2v) is 9.99. The maximum Gasteiger partial charge on any atom is 0.268 e. The molecule has 4 aliphatic carbocycles. The zero-order valence-electron chi connectivity index (χ0n) is 18.7. The molecule has 170 valence electrons. The lowest BCUT2D eigenvalue weighted by Crippen LogP contribution is -2.61. The van der Waals surface area contributed by atoms with E-state index in [1.54, 1.807) is 24.6 Å². The highest BCUT2D eigenvalue weighted by molar-refractivity contribution is 6.10. The highest BCUT2D eigenvalue weighted by Crippen LogP contribution is 2.55. The zero-order chi connectivity index (χ0) is 22.8. The van der Waals surface area contributed by atoms with Gasteiger partial charge in [-0.25, -0.2) is 4.39 Å². The number of carbonyl (C=O) groups excluding carboxylic acids is 2. The molecule has 2 atom stereocenters. The van der Waals surface area contributed by atoms with Crippen LogP contribution in [0.3, 0.4) is 0 Å². The van der Waals surface area contributed by atoms with Crippen LogP contribution in [0.1, 0.15) is 64.2 Å². The molecule has 0 aliphatic heterocycles. The summed E-state index contributed by atoms with van der Waals surface area (Å²) in [5.41, 5.74) is 0.674. The molecular formula is C25H29FN2O4. The van der Waals surface area contributed by atoms with Crippen LogP contribution in [0.5, 0.6) is 5.75 Å². The summed E-state index contributed by atoms with van der Waals surface area (Å²) < 4.78 is 21.0. The lowest BCUT2D eigenvalue weighted by atomic mass is 9.52. The zero-order valence-corrected chi connectivity index (χ0v) is 18.7. The number of hydrogen-bond donors (Lipinski definition) is 2. The highest BCUT2D eigenvalue weighted by atomic mass is 19.1. The van der Waals surface area contributed by atoms with Crippen LogP contribution < -0.4 is 10.1 Å². The Balaban J connectivity index is 1.40. The molecule has 4 bridgehead atoms. The Hall–Kier alpha value is -2.67. The molecule has 0 saturated heterocycles. The summed E-state index contributed by atoms with van der Waals surface area (Å²) in [5, 5.41) is 14.0. The predicted molar refractivity (Wildman–Crippen MR) is 116 cm³/mol. The largest absolute Gasteiger partial charge is 0.497 e. The number of halogens is 1. The molecule has 2 unspecified atom stereocenters. The lowest BCUT2D eigenvalue weighted by molar-refractivity contribution is -0.137. The molecule has 6 nitrogen and oxygen atoms in total. The summed E-state index contributed by atoms with van der Waals surface area (Å²) in [5.74, 6) is 0.187. The van der Waals surface area contributed by atoms with Gasteiger partial charge in [0.2, 0.25) is 5.78 Å². The summed E-state index contributed by atoms with van der Waals surface area (Å²) >= 11 is 0. The van der Waals surface area contributed by atoms with Gasteiger partial charge >= 0.3 is 0 Å². The molecular weight excluding hydrogens is 411 g/mol. The SMILES string of the molecule is COc1ccc(F)c(C(=O)c2cc(C)c(C(=O)NC3C4CC5CC3CC(O)(C5)C4)n2C)c1. The van der Waals surface area contributed by atoms with Gasteiger partial charge in [-0.1, -0.05) is 0 Å². The predicted octanol–water partition coefficient (Wildman–Crippen LogP) is 3.38. The molecule has 1 heterocycles. The molecule has 32 heavy (non-hydrogen) atoms. The smallest absolute Gasteiger partial charge is 0.268 e. The average molecular weight is 441 g/mol. The Kier molecular flexibility index (Phi) is 4.93. The first-order valence-corrected chi connectivity index (χ1v) is 11.3. The van der Waals surface area contributed by atoms with Gasteiger partial charge in [-0.2, -0.15) is 0 Å². The number of hydrogen-bond acceptors (Lipinski definition) is 4. The number of aryl methyl sites for hydroxylation is 1. The summed E-state index contributed by atoms with van der Waals surface area (Å²) in [7, 11) is 3.12. The monoisotopic (exact) mass is 440 g/mol. The van der Waals surface area contributed by atoms with Crippen molar-refractivity contribution in [2.24, 2.45) is 24.8 Å². The number of ketones is 1. The number of aromatic nitrogens is 1. The molecule has 0 radical (unpaired) electrons. The Labute approximate surface area is 186 Å². The van der Waals surface area contributed by atoms with Crippen LogP contribution in [-0.2, 0) is 7.05 Å². The van der Waals surface area contributed by atoms with E-state index >= 15 is 0 Å². The number of carbonyl (C=O) groups is 2. The third kappa shape index (κ3) is 3.34. The minimum atomic E-state index is -0.632. The molecule has 1 amide bonds. The van der Waals surface area contributed by atoms with E-state index in [2.05, 4.69) is 5.32 Å². The number of ether oxygens (including phenoxy) is 1. The van der Waals surface area contributed by atoms with Crippen molar-refractivity contribution in [2.45, 2.75) is 50.7 Å². The van der Waals surface area contributed by atoms with Gasteiger partial charge in [0, 0.05) is 13.1 Å². The standard InChI is InChI=1S/C25H29FN2O4/c1-13-6-20(23(29)18-9-17(32-3)4-5-19(18)26)28(2)22(13)24(30)27-21-15-7-14-8-16(21)12-25(31,10-14)11-15/h4-6,9,14-16,21,31H,7-8,10-12H2,1-3H3,(H,27,30). The number of benzene rings is 1. The Morgan fingerprint density at radius 3 is 2.50 bits per heavy atom. The minimum Gasteiger partial charge on any atom is -0.497 e. The molecule has 7 heteroatoms. The molecule has 2 N–H and O–H groups in total. The average Bonchev–Trinajstić information content (AvgIpc) is 3.03. The van der Waals surface area contributed by atoms with E-state index in [0.717, 1.165) is 32.1 Å². The number of nitrogens with one attached hydrogen (secondary N) is 1. The van der Waals surface area contributed by atoms with Crippen molar-refractivity contribution in [2.75, 3.05) is 7.11 Å². The van der Waals surface area contributed by atoms with Crippen molar-refractivity contribution >= 4 is 11.7 Å². The van der Waals surface area contributed by atoms with E-state index in [4.69, 9.17) is 4.74 Å². The van der Waals surface area contributed by atoms with Crippen LogP contribution in [0.2, 0.25) is 0 Å². The van der Waals surface area contributed by atoms with Gasteiger partial charge in [-0.15, -0.1) is 0 Å². The second-order valence-electron chi connectivity index (χ2n) is 9.99. The first-order chi connectivity index (χ1) is 15.2. The summed E-state index contributed by atoms with van der Waals surface area (Å²) in [6, 6.07) is 5.72. The van der Waals surface area contributed by atoms with Crippen LogP contribution in [0.4, 0.5) is 4.39 Å². The van der Waals surface area contributed by atoms with Crippen LogP contribution in [0, 0.1) is 30.5 Å². The van der Waals surface area contributed by atoms with Crippen molar-refractivity contribution in [3.63, 3.8) is 0 Å². The second kappa shape index (κ2) is 7.44. The fourth-order valence-corrected chi connectivity index (χ4v) is 6.68. The van der Waals surface area contributed by atoms with E-state index in [0.29, 0.717) is 34.8 Å². The maximum absolute atomic E-state index is 14.4. The van der Waals surface area contributed by atoms with Gasteiger partial charge in [0.05, 0.1) is 24.0 Å². The molecule has 4 fully saturated rings. The van der Waals surface area contributed by atoms with Gasteiger partial charge in [0.15, 0.2) is 0 Å². The van der Waals surface area contributed by atoms with Crippen LogP contribution >= 0.6 is 0 Å². The summed E-state index contributed by atoms with van der Waals surface area (Å²) in [4.78, 5) is 26.4. The third-order valence-corrected chi connectivity index (χ3v) is 7.83. The van der Waals surface area contributed by atoms with Crippen molar-refractivity contribution in [3.8, 4) is 5.75 Å². The topological polar surface area (TPSA) is 80.6 Å². The number of aliphatic hydroxyl groups is 1. The fourth-order valence-electron chi connectivity index (χ4n) is 6.68. The van der Waals surface area contributed by atoms with Crippen LogP contribution in [0.25, 0.3) is 0 Å². The van der Waals surface area contributed by atoms with Gasteiger partial charge in [0.25, 0.3) is 5.91 Å². The summed E-state index contributed by atoms with van der Waals surface area (Å²) in [6.45, 7) is 1.78. The molecule has 0 spiro atoms. The number of rotatable bonds is 5. The van der Waals surface area contributed by atoms with E-state index in [1.165, 1.54) is 25.3 Å². The molecule has 1 aromatic carbocycles. The minimum absolute atomic E-state index is 0.0450. The van der Waals surface area contributed by atoms with Crippen LogP contribution in [0.15, 0.2) is 24.3 Å². The molecule has 6 rings (SSSR count). The maximum atomic E-state index is 14.4. The van der Waals surface area contributed by atoms with E-state index in [1.807, 2.05) is 0 Å². The van der Waals surface area contributed by atoms with Crippen molar-refractivity contribution < 1.29 is 23.8 Å². The van der Waals surface area contributed by atoms with Crippen molar-refractivity contribution in [1.82, 2.24) is 9.88 Å². The third-order valence-electron chi connectivity index (χ3n) is 7.83. The molecule has 2 aromatic rings. The summed E-state index contributed by atoms with van der Waals surface area (Å²) in [6.07, 6.45) is 4.49. The van der Waals surface area contributed by atoms with Crippen molar-refractivity contribution in [1.29, 1.82) is 0 Å². The van der Waals surface area contributed by atoms with E-state index < -0.39 is 17.2 Å². The van der Waals surface area contributed by atoms with Crippen LogP contribution in [-0.4, -0.2) is 40.1 Å². The lowest BCUT2D eigenvalue weighted by Gasteiger charge is -2.58. The normalized spacial score (nSPS) is 30.4. The van der Waals surface area contributed by atoms with Gasteiger partial charge in [-0.3, -0.25) is 9.59 Å². The number of methoxy groups -OCH3 is 1. The Morgan fingerprint density at radius 2 is 1.88 bits per heavy atom.